The van der Waals surface area contributed by atoms with Crippen molar-refractivity contribution >= 4 is 28.1 Å². The summed E-state index contributed by atoms with van der Waals surface area (Å²) in [5, 5.41) is 12.9. The number of rotatable bonds is 0. The average molecular weight is 269 g/mol. The van der Waals surface area contributed by atoms with Gasteiger partial charge in [-0.2, -0.15) is 10.4 Å². The number of hydrogen-bond donors (Lipinski definition) is 0. The standard InChI is InChI=1S/C8H4IN3/c9-7-5-11-12-3-1-2-6(4-10)8(7)12/h1-3,5H. The summed E-state index contributed by atoms with van der Waals surface area (Å²) in [6.45, 7) is 0. The van der Waals surface area contributed by atoms with E-state index in [-0.39, 0.29) is 0 Å². The van der Waals surface area contributed by atoms with E-state index in [0.29, 0.717) is 5.56 Å². The number of pyridine rings is 1. The Hall–Kier alpha value is -1.09. The molecule has 0 aliphatic carbocycles. The van der Waals surface area contributed by atoms with Crippen molar-refractivity contribution in [3.8, 4) is 6.07 Å². The van der Waals surface area contributed by atoms with Crippen LogP contribution in [-0.2, 0) is 0 Å². The monoisotopic (exact) mass is 269 g/mol. The van der Waals surface area contributed by atoms with Crippen molar-refractivity contribution in [3.63, 3.8) is 0 Å². The van der Waals surface area contributed by atoms with Gasteiger partial charge in [0.1, 0.15) is 6.07 Å². The molecule has 0 N–H and O–H groups in total. The molecule has 0 saturated carbocycles. The van der Waals surface area contributed by atoms with Crippen LogP contribution in [0.5, 0.6) is 0 Å². The molecule has 0 aliphatic rings. The van der Waals surface area contributed by atoms with E-state index in [0.717, 1.165) is 9.09 Å². The maximum Gasteiger partial charge on any atom is 0.101 e. The first-order valence-corrected chi connectivity index (χ1v) is 4.43. The molecule has 0 amide bonds. The van der Waals surface area contributed by atoms with E-state index in [1.807, 2.05) is 12.3 Å². The fourth-order valence-corrected chi connectivity index (χ4v) is 1.76. The third kappa shape index (κ3) is 0.975. The molecule has 3 nitrogen and oxygen atoms in total. The smallest absolute Gasteiger partial charge is 0.101 e. The second kappa shape index (κ2) is 2.75. The molecule has 0 bridgehead atoms. The normalized spacial score (nSPS) is 10.0. The number of aromatic nitrogens is 2. The van der Waals surface area contributed by atoms with Crippen LogP contribution in [0, 0.1) is 14.9 Å². The molecule has 0 saturated heterocycles. The fraction of sp³-hybridized carbons (Fsp3) is 0. The van der Waals surface area contributed by atoms with E-state index >= 15 is 0 Å². The Morgan fingerprint density at radius 2 is 2.42 bits per heavy atom. The first-order chi connectivity index (χ1) is 5.83. The first kappa shape index (κ1) is 7.55. The quantitative estimate of drug-likeness (QED) is 0.684. The SMILES string of the molecule is N#Cc1cccn2ncc(I)c12. The van der Waals surface area contributed by atoms with Crippen molar-refractivity contribution in [2.24, 2.45) is 0 Å². The maximum absolute atomic E-state index is 8.78. The number of nitriles is 1. The van der Waals surface area contributed by atoms with Gasteiger partial charge < -0.3 is 0 Å². The first-order valence-electron chi connectivity index (χ1n) is 3.35. The van der Waals surface area contributed by atoms with Gasteiger partial charge in [0, 0.05) is 6.20 Å². The maximum atomic E-state index is 8.78. The van der Waals surface area contributed by atoms with E-state index in [1.165, 1.54) is 0 Å². The summed E-state index contributed by atoms with van der Waals surface area (Å²) in [6, 6.07) is 5.74. The predicted molar refractivity (Wildman–Crippen MR) is 52.6 cm³/mol. The highest BCUT2D eigenvalue weighted by Gasteiger charge is 2.04. The number of halogens is 1. The summed E-state index contributed by atoms with van der Waals surface area (Å²) in [5.41, 5.74) is 1.56. The fourth-order valence-electron chi connectivity index (χ4n) is 1.10. The molecule has 0 radical (unpaired) electrons. The molecule has 0 aromatic carbocycles. The second-order valence-electron chi connectivity index (χ2n) is 2.32. The number of fused-ring (bicyclic) bond motifs is 1. The minimum absolute atomic E-state index is 0.666. The van der Waals surface area contributed by atoms with Crippen molar-refractivity contribution in [2.75, 3.05) is 0 Å². The van der Waals surface area contributed by atoms with Gasteiger partial charge in [0.2, 0.25) is 0 Å². The molecule has 0 aliphatic heterocycles. The van der Waals surface area contributed by atoms with Crippen LogP contribution in [-0.4, -0.2) is 9.61 Å². The van der Waals surface area contributed by atoms with Gasteiger partial charge in [-0.3, -0.25) is 0 Å². The van der Waals surface area contributed by atoms with Crippen molar-refractivity contribution in [1.29, 1.82) is 5.26 Å². The molecule has 0 fully saturated rings. The third-order valence-corrected chi connectivity index (χ3v) is 2.41. The third-order valence-electron chi connectivity index (χ3n) is 1.62. The van der Waals surface area contributed by atoms with Gasteiger partial charge in [-0.1, -0.05) is 0 Å². The lowest BCUT2D eigenvalue weighted by atomic mass is 10.2. The van der Waals surface area contributed by atoms with E-state index in [9.17, 15) is 0 Å². The van der Waals surface area contributed by atoms with Gasteiger partial charge in [0.25, 0.3) is 0 Å². The lowest BCUT2D eigenvalue weighted by Gasteiger charge is -1.93. The molecule has 12 heavy (non-hydrogen) atoms. The summed E-state index contributed by atoms with van der Waals surface area (Å²) < 4.78 is 2.71. The highest BCUT2D eigenvalue weighted by atomic mass is 127. The zero-order chi connectivity index (χ0) is 8.55. The van der Waals surface area contributed by atoms with Crippen LogP contribution in [0.15, 0.2) is 24.5 Å². The Bertz CT molecular complexity index is 467. The van der Waals surface area contributed by atoms with Crippen LogP contribution >= 0.6 is 22.6 Å². The molecule has 0 unspecified atom stereocenters. The molecular weight excluding hydrogens is 265 g/mol. The Morgan fingerprint density at radius 3 is 3.17 bits per heavy atom. The molecule has 2 aromatic heterocycles. The minimum atomic E-state index is 0.666. The molecule has 2 rings (SSSR count). The van der Waals surface area contributed by atoms with E-state index < -0.39 is 0 Å². The number of hydrogen-bond acceptors (Lipinski definition) is 2. The van der Waals surface area contributed by atoms with E-state index in [4.69, 9.17) is 5.26 Å². The highest BCUT2D eigenvalue weighted by Crippen LogP contribution is 2.16. The van der Waals surface area contributed by atoms with Crippen molar-refractivity contribution < 1.29 is 0 Å². The van der Waals surface area contributed by atoms with Gasteiger partial charge >= 0.3 is 0 Å². The van der Waals surface area contributed by atoms with Crippen molar-refractivity contribution in [1.82, 2.24) is 9.61 Å². The van der Waals surface area contributed by atoms with Crippen LogP contribution < -0.4 is 0 Å². The van der Waals surface area contributed by atoms with Gasteiger partial charge in [-0.25, -0.2) is 4.52 Å². The van der Waals surface area contributed by atoms with E-state index in [2.05, 4.69) is 33.8 Å². The zero-order valence-corrected chi connectivity index (χ0v) is 8.19. The predicted octanol–water partition coefficient (Wildman–Crippen LogP) is 1.81. The molecule has 0 spiro atoms. The summed E-state index contributed by atoms with van der Waals surface area (Å²) >= 11 is 2.17. The minimum Gasteiger partial charge on any atom is -0.239 e. The van der Waals surface area contributed by atoms with Crippen molar-refractivity contribution in [2.45, 2.75) is 0 Å². The Morgan fingerprint density at radius 1 is 1.58 bits per heavy atom. The summed E-state index contributed by atoms with van der Waals surface area (Å²) in [5.74, 6) is 0. The highest BCUT2D eigenvalue weighted by molar-refractivity contribution is 14.1. The van der Waals surface area contributed by atoms with Crippen LogP contribution in [0.3, 0.4) is 0 Å². The summed E-state index contributed by atoms with van der Waals surface area (Å²) in [6.07, 6.45) is 3.58. The largest absolute Gasteiger partial charge is 0.239 e. The molecule has 4 heteroatoms. The Kier molecular flexibility index (Phi) is 1.73. The second-order valence-corrected chi connectivity index (χ2v) is 3.48. The van der Waals surface area contributed by atoms with Gasteiger partial charge in [-0.15, -0.1) is 0 Å². The Balaban J connectivity index is 2.96. The summed E-state index contributed by atoms with van der Waals surface area (Å²) in [7, 11) is 0. The van der Waals surface area contributed by atoms with Gasteiger partial charge in [0.15, 0.2) is 0 Å². The van der Waals surface area contributed by atoms with Crippen LogP contribution in [0.2, 0.25) is 0 Å². The summed E-state index contributed by atoms with van der Waals surface area (Å²) in [4.78, 5) is 0. The van der Waals surface area contributed by atoms with Gasteiger partial charge in [0.05, 0.1) is 20.8 Å². The lowest BCUT2D eigenvalue weighted by molar-refractivity contribution is 0.959. The van der Waals surface area contributed by atoms with Gasteiger partial charge in [-0.05, 0) is 34.7 Å². The lowest BCUT2D eigenvalue weighted by Crippen LogP contribution is -1.88. The molecule has 0 atom stereocenters. The van der Waals surface area contributed by atoms with E-state index in [1.54, 1.807) is 16.8 Å². The average Bonchev–Trinajstić information content (AvgIpc) is 2.48. The van der Waals surface area contributed by atoms with Crippen LogP contribution in [0.4, 0.5) is 0 Å². The van der Waals surface area contributed by atoms with Crippen LogP contribution in [0.1, 0.15) is 5.56 Å². The Labute approximate surface area is 82.8 Å². The van der Waals surface area contributed by atoms with Crippen LogP contribution in [0.25, 0.3) is 5.52 Å². The zero-order valence-electron chi connectivity index (χ0n) is 6.03. The molecule has 2 heterocycles. The topological polar surface area (TPSA) is 41.1 Å². The number of nitrogens with zero attached hydrogens (tertiary/aromatic N) is 3. The molecule has 2 aromatic rings. The molecular formula is C8H4IN3. The van der Waals surface area contributed by atoms with Crippen molar-refractivity contribution in [3.05, 3.63) is 33.7 Å². The molecule has 58 valence electrons.